The van der Waals surface area contributed by atoms with E-state index >= 15 is 0 Å². The Morgan fingerprint density at radius 2 is 1.51 bits per heavy atom. The highest BCUT2D eigenvalue weighted by molar-refractivity contribution is 5.69. The van der Waals surface area contributed by atoms with Crippen molar-refractivity contribution in [1.82, 2.24) is 68.7 Å². The number of likely N-dealkylation sites (N-methyl/N-ethyl adjacent to an activating group) is 1. The van der Waals surface area contributed by atoms with Gasteiger partial charge in [0.25, 0.3) is 0 Å². The van der Waals surface area contributed by atoms with E-state index in [-0.39, 0.29) is 37.9 Å². The van der Waals surface area contributed by atoms with Crippen LogP contribution in [-0.4, -0.2) is 120 Å². The molecule has 13 N–H and O–H groups in total. The standard InChI is InChI=1S/C22H51N13O2/c1-23-13-24-9-8-17-27-14-28-21(31-17)29-15-4-6-16(7-5-15)30-22-33-19(25-10-11-35(2)3)32-20(34-22)26-12-18(36)37/h15-17,19-34H,4-14H2,1-3H3,(H,36,37). The molecule has 1 saturated carbocycles. The maximum atomic E-state index is 11.0. The van der Waals surface area contributed by atoms with Crippen molar-refractivity contribution >= 4 is 5.97 Å². The highest BCUT2D eigenvalue weighted by Gasteiger charge is 2.30. The largest absolute Gasteiger partial charge is 0.480 e. The van der Waals surface area contributed by atoms with Gasteiger partial charge in [0, 0.05) is 38.5 Å². The molecular weight excluding hydrogens is 478 g/mol. The van der Waals surface area contributed by atoms with E-state index < -0.39 is 5.97 Å². The summed E-state index contributed by atoms with van der Waals surface area (Å²) in [6.07, 6.45) is 5.09. The predicted octanol–water partition coefficient (Wildman–Crippen LogP) is -4.56. The SMILES string of the molecule is CNCNCCC1NCNC(NC2CCC(NC3NC(NCCN(C)C)NC(NCC(=O)O)N3)CC2)N1. The van der Waals surface area contributed by atoms with Crippen LogP contribution in [0.25, 0.3) is 0 Å². The van der Waals surface area contributed by atoms with Crippen LogP contribution in [0.1, 0.15) is 32.1 Å². The summed E-state index contributed by atoms with van der Waals surface area (Å²) >= 11 is 0. The zero-order valence-corrected chi connectivity index (χ0v) is 22.6. The van der Waals surface area contributed by atoms with Gasteiger partial charge in [-0.2, -0.15) is 0 Å². The van der Waals surface area contributed by atoms with Gasteiger partial charge in [-0.1, -0.05) is 0 Å². The van der Waals surface area contributed by atoms with Crippen molar-refractivity contribution in [2.75, 3.05) is 60.7 Å². The zero-order chi connectivity index (χ0) is 26.5. The minimum Gasteiger partial charge on any atom is -0.480 e. The molecule has 37 heavy (non-hydrogen) atoms. The quantitative estimate of drug-likeness (QED) is 0.0677. The molecule has 0 spiro atoms. The number of hydrogen-bond acceptors (Lipinski definition) is 14. The molecule has 0 amide bonds. The smallest absolute Gasteiger partial charge is 0.317 e. The summed E-state index contributed by atoms with van der Waals surface area (Å²) in [4.78, 5) is 13.2. The number of carboxylic acid groups (broad SMARTS) is 1. The Morgan fingerprint density at radius 1 is 0.865 bits per heavy atom. The molecule has 0 aromatic rings. The third-order valence-electron chi connectivity index (χ3n) is 6.83. The van der Waals surface area contributed by atoms with Crippen molar-refractivity contribution < 1.29 is 9.90 Å². The highest BCUT2D eigenvalue weighted by Crippen LogP contribution is 2.19. The lowest BCUT2D eigenvalue weighted by Gasteiger charge is -2.42. The summed E-state index contributed by atoms with van der Waals surface area (Å²) in [5.74, 6) is -0.885. The number of nitrogens with zero attached hydrogens (tertiary/aromatic N) is 1. The maximum Gasteiger partial charge on any atom is 0.317 e. The third-order valence-corrected chi connectivity index (χ3v) is 6.83. The van der Waals surface area contributed by atoms with Crippen LogP contribution in [0.3, 0.4) is 0 Å². The Bertz CT molecular complexity index is 638. The first kappa shape index (κ1) is 30.5. The first-order valence-electron chi connectivity index (χ1n) is 13.6. The summed E-state index contributed by atoms with van der Waals surface area (Å²) in [5, 5.41) is 50.1. The average Bonchev–Trinajstić information content (AvgIpc) is 2.87. The Morgan fingerprint density at radius 3 is 2.16 bits per heavy atom. The Balaban J connectivity index is 1.38. The Labute approximate surface area is 221 Å². The number of nitrogens with one attached hydrogen (secondary N) is 12. The molecule has 3 aliphatic rings. The van der Waals surface area contributed by atoms with E-state index in [4.69, 9.17) is 5.11 Å². The molecule has 3 fully saturated rings. The van der Waals surface area contributed by atoms with Crippen molar-refractivity contribution in [2.45, 2.75) is 75.5 Å². The van der Waals surface area contributed by atoms with Gasteiger partial charge in [-0.15, -0.1) is 0 Å². The van der Waals surface area contributed by atoms with E-state index in [1.165, 1.54) is 0 Å². The molecule has 2 heterocycles. The monoisotopic (exact) mass is 529 g/mol. The van der Waals surface area contributed by atoms with Gasteiger partial charge in [-0.05, 0) is 59.8 Å². The second-order valence-electron chi connectivity index (χ2n) is 10.3. The molecule has 0 bridgehead atoms. The zero-order valence-electron chi connectivity index (χ0n) is 22.6. The van der Waals surface area contributed by atoms with Crippen molar-refractivity contribution in [1.29, 1.82) is 0 Å². The fourth-order valence-corrected chi connectivity index (χ4v) is 4.85. The molecule has 0 aromatic carbocycles. The van der Waals surface area contributed by atoms with Gasteiger partial charge in [-0.3, -0.25) is 58.0 Å². The average molecular weight is 530 g/mol. The van der Waals surface area contributed by atoms with Gasteiger partial charge in [0.05, 0.1) is 12.7 Å². The third kappa shape index (κ3) is 12.1. The van der Waals surface area contributed by atoms with E-state index in [2.05, 4.69) is 68.7 Å². The molecular formula is C22H51N13O2. The number of hydrogen-bond donors (Lipinski definition) is 13. The Kier molecular flexibility index (Phi) is 13.9. The van der Waals surface area contributed by atoms with E-state index in [1.807, 2.05) is 21.1 Å². The Hall–Kier alpha value is -1.05. The summed E-state index contributed by atoms with van der Waals surface area (Å²) in [7, 11) is 6.02. The van der Waals surface area contributed by atoms with Crippen molar-refractivity contribution in [3.05, 3.63) is 0 Å². The van der Waals surface area contributed by atoms with E-state index in [9.17, 15) is 4.79 Å². The van der Waals surface area contributed by atoms with E-state index in [0.29, 0.717) is 12.1 Å². The summed E-state index contributed by atoms with van der Waals surface area (Å²) in [6, 6.07) is 0.840. The second-order valence-corrected chi connectivity index (χ2v) is 10.3. The van der Waals surface area contributed by atoms with Crippen LogP contribution in [0.15, 0.2) is 0 Å². The number of carboxylic acids is 1. The number of rotatable bonds is 16. The summed E-state index contributed by atoms with van der Waals surface area (Å²) in [6.45, 7) is 4.14. The molecule has 5 atom stereocenters. The predicted molar refractivity (Wildman–Crippen MR) is 144 cm³/mol. The van der Waals surface area contributed by atoms with Crippen molar-refractivity contribution in [2.24, 2.45) is 0 Å². The first-order valence-corrected chi connectivity index (χ1v) is 13.6. The highest BCUT2D eigenvalue weighted by atomic mass is 16.4. The van der Waals surface area contributed by atoms with Gasteiger partial charge in [0.1, 0.15) is 25.2 Å². The van der Waals surface area contributed by atoms with Gasteiger partial charge < -0.3 is 20.6 Å². The molecule has 2 aliphatic heterocycles. The maximum absolute atomic E-state index is 11.0. The minimum atomic E-state index is -0.885. The molecule has 5 unspecified atom stereocenters. The van der Waals surface area contributed by atoms with Gasteiger partial charge in [0.15, 0.2) is 0 Å². The van der Waals surface area contributed by atoms with E-state index in [1.54, 1.807) is 0 Å². The molecule has 15 heteroatoms. The van der Waals surface area contributed by atoms with Crippen LogP contribution in [0.5, 0.6) is 0 Å². The first-order chi connectivity index (χ1) is 17.9. The lowest BCUT2D eigenvalue weighted by atomic mass is 9.91. The normalized spacial score (nSPS) is 33.0. The molecule has 3 rings (SSSR count). The lowest BCUT2D eigenvalue weighted by molar-refractivity contribution is -0.136. The topological polar surface area (TPSA) is 185 Å². The van der Waals surface area contributed by atoms with Crippen molar-refractivity contribution in [3.63, 3.8) is 0 Å². The molecule has 15 nitrogen and oxygen atoms in total. The van der Waals surface area contributed by atoms with E-state index in [0.717, 1.165) is 65.1 Å². The number of carbonyl (C=O) groups is 1. The van der Waals surface area contributed by atoms with Crippen LogP contribution in [0.4, 0.5) is 0 Å². The van der Waals surface area contributed by atoms with Crippen LogP contribution >= 0.6 is 0 Å². The van der Waals surface area contributed by atoms with Crippen LogP contribution in [0.2, 0.25) is 0 Å². The molecule has 216 valence electrons. The number of aliphatic carboxylic acids is 1. The van der Waals surface area contributed by atoms with Crippen LogP contribution in [0, 0.1) is 0 Å². The van der Waals surface area contributed by atoms with Crippen LogP contribution in [-0.2, 0) is 4.79 Å². The molecule has 0 aromatic heterocycles. The minimum absolute atomic E-state index is 0.105. The summed E-state index contributed by atoms with van der Waals surface area (Å²) < 4.78 is 0. The molecule has 2 saturated heterocycles. The van der Waals surface area contributed by atoms with Gasteiger partial charge in [-0.25, -0.2) is 0 Å². The van der Waals surface area contributed by atoms with Gasteiger partial charge in [0.2, 0.25) is 0 Å². The fraction of sp³-hybridized carbons (Fsp3) is 0.955. The van der Waals surface area contributed by atoms with Gasteiger partial charge >= 0.3 is 5.97 Å². The summed E-state index contributed by atoms with van der Waals surface area (Å²) in [5.41, 5.74) is 0. The van der Waals surface area contributed by atoms with Crippen molar-refractivity contribution in [3.8, 4) is 0 Å². The van der Waals surface area contributed by atoms with Crippen LogP contribution < -0.4 is 63.8 Å². The molecule has 0 radical (unpaired) electrons. The molecule has 1 aliphatic carbocycles. The fourth-order valence-electron chi connectivity index (χ4n) is 4.85. The second kappa shape index (κ2) is 16.8. The lowest BCUT2D eigenvalue weighted by Crippen LogP contribution is -2.78.